The van der Waals surface area contributed by atoms with E-state index in [9.17, 15) is 0 Å². The van der Waals surface area contributed by atoms with E-state index in [-0.39, 0.29) is 0 Å². The largest absolute Gasteiger partial charge is 0.368 e. The molecule has 1 fully saturated rings. The van der Waals surface area contributed by atoms with Gasteiger partial charge in [0.15, 0.2) is 0 Å². The standard InChI is InChI=1S/C18H31N3/c1-13(2)9-19-10-17-11-20-15(5)8-18(17)21(14(3)4)12-16-6-7-16/h8,11,13-14,16,19H,6-7,9-10,12H2,1-5H3. The molecule has 0 aliphatic heterocycles. The highest BCUT2D eigenvalue weighted by Gasteiger charge is 2.26. The summed E-state index contributed by atoms with van der Waals surface area (Å²) in [5, 5.41) is 3.56. The molecule has 21 heavy (non-hydrogen) atoms. The molecule has 1 aliphatic carbocycles. The molecule has 1 heterocycles. The minimum atomic E-state index is 0.538. The summed E-state index contributed by atoms with van der Waals surface area (Å²) in [6.07, 6.45) is 4.85. The van der Waals surface area contributed by atoms with E-state index in [1.807, 2.05) is 0 Å². The van der Waals surface area contributed by atoms with Crippen molar-refractivity contribution in [2.45, 2.75) is 60.0 Å². The lowest BCUT2D eigenvalue weighted by Crippen LogP contribution is -2.34. The highest BCUT2D eigenvalue weighted by Crippen LogP contribution is 2.33. The predicted molar refractivity (Wildman–Crippen MR) is 90.7 cm³/mol. The van der Waals surface area contributed by atoms with Crippen molar-refractivity contribution in [3.63, 3.8) is 0 Å². The van der Waals surface area contributed by atoms with Gasteiger partial charge in [0, 0.05) is 42.3 Å². The third kappa shape index (κ3) is 4.99. The van der Waals surface area contributed by atoms with Gasteiger partial charge in [0.25, 0.3) is 0 Å². The van der Waals surface area contributed by atoms with Crippen LogP contribution in [-0.2, 0) is 6.54 Å². The van der Waals surface area contributed by atoms with E-state index in [1.54, 1.807) is 0 Å². The molecule has 0 radical (unpaired) electrons. The van der Waals surface area contributed by atoms with E-state index in [1.165, 1.54) is 30.6 Å². The van der Waals surface area contributed by atoms with Crippen molar-refractivity contribution in [1.82, 2.24) is 10.3 Å². The number of aryl methyl sites for hydroxylation is 1. The van der Waals surface area contributed by atoms with E-state index in [0.29, 0.717) is 12.0 Å². The Balaban J connectivity index is 2.15. The van der Waals surface area contributed by atoms with Crippen LogP contribution in [0.2, 0.25) is 0 Å². The molecule has 0 atom stereocenters. The maximum atomic E-state index is 4.51. The van der Waals surface area contributed by atoms with Crippen LogP contribution in [0, 0.1) is 18.8 Å². The van der Waals surface area contributed by atoms with E-state index in [4.69, 9.17) is 0 Å². The van der Waals surface area contributed by atoms with Crippen molar-refractivity contribution in [2.24, 2.45) is 11.8 Å². The Kier molecular flexibility index (Phi) is 5.63. The number of hydrogen-bond acceptors (Lipinski definition) is 3. The number of hydrogen-bond donors (Lipinski definition) is 1. The Bertz CT molecular complexity index is 450. The van der Waals surface area contributed by atoms with Gasteiger partial charge in [-0.2, -0.15) is 0 Å². The first-order chi connectivity index (χ1) is 9.97. The van der Waals surface area contributed by atoms with Crippen LogP contribution in [0.4, 0.5) is 5.69 Å². The molecule has 3 nitrogen and oxygen atoms in total. The Morgan fingerprint density at radius 2 is 2.00 bits per heavy atom. The van der Waals surface area contributed by atoms with Gasteiger partial charge < -0.3 is 10.2 Å². The summed E-state index contributed by atoms with van der Waals surface area (Å²) in [7, 11) is 0. The highest BCUT2D eigenvalue weighted by molar-refractivity contribution is 5.54. The van der Waals surface area contributed by atoms with Gasteiger partial charge in [0.1, 0.15) is 0 Å². The maximum Gasteiger partial charge on any atom is 0.0447 e. The average Bonchev–Trinajstić information content (AvgIpc) is 3.21. The molecule has 2 rings (SSSR count). The van der Waals surface area contributed by atoms with Crippen molar-refractivity contribution in [2.75, 3.05) is 18.0 Å². The SMILES string of the molecule is Cc1cc(N(CC2CC2)C(C)C)c(CNCC(C)C)cn1. The van der Waals surface area contributed by atoms with Crippen LogP contribution in [-0.4, -0.2) is 24.1 Å². The molecule has 1 aromatic rings. The number of pyridine rings is 1. The zero-order valence-electron chi connectivity index (χ0n) is 14.3. The third-order valence-corrected chi connectivity index (χ3v) is 4.05. The van der Waals surface area contributed by atoms with Gasteiger partial charge in [0.2, 0.25) is 0 Å². The second kappa shape index (κ2) is 7.26. The van der Waals surface area contributed by atoms with Crippen LogP contribution in [0.1, 0.15) is 51.8 Å². The van der Waals surface area contributed by atoms with Crippen LogP contribution in [0.5, 0.6) is 0 Å². The first kappa shape index (κ1) is 16.3. The normalized spacial score (nSPS) is 15.0. The molecule has 118 valence electrons. The monoisotopic (exact) mass is 289 g/mol. The summed E-state index contributed by atoms with van der Waals surface area (Å²) in [5.74, 6) is 1.58. The molecule has 0 amide bonds. The molecule has 0 aromatic carbocycles. The fraction of sp³-hybridized carbons (Fsp3) is 0.722. The number of anilines is 1. The van der Waals surface area contributed by atoms with Crippen molar-refractivity contribution >= 4 is 5.69 Å². The Labute approximate surface area is 130 Å². The van der Waals surface area contributed by atoms with Gasteiger partial charge in [-0.05, 0) is 58.1 Å². The maximum absolute atomic E-state index is 4.51. The van der Waals surface area contributed by atoms with Crippen molar-refractivity contribution < 1.29 is 0 Å². The lowest BCUT2D eigenvalue weighted by Gasteiger charge is -2.31. The molecule has 1 N–H and O–H groups in total. The zero-order valence-corrected chi connectivity index (χ0v) is 14.3. The molecule has 0 unspecified atom stereocenters. The molecule has 1 saturated carbocycles. The summed E-state index contributed by atoms with van der Waals surface area (Å²) < 4.78 is 0. The van der Waals surface area contributed by atoms with Crippen molar-refractivity contribution in [3.05, 3.63) is 23.5 Å². The minimum Gasteiger partial charge on any atom is -0.368 e. The van der Waals surface area contributed by atoms with Gasteiger partial charge >= 0.3 is 0 Å². The second-order valence-corrected chi connectivity index (χ2v) is 7.17. The van der Waals surface area contributed by atoms with Gasteiger partial charge in [-0.3, -0.25) is 4.98 Å². The van der Waals surface area contributed by atoms with Crippen LogP contribution >= 0.6 is 0 Å². The molecular formula is C18H31N3. The van der Waals surface area contributed by atoms with Crippen LogP contribution in [0.3, 0.4) is 0 Å². The number of nitrogens with zero attached hydrogens (tertiary/aromatic N) is 2. The molecule has 0 spiro atoms. The van der Waals surface area contributed by atoms with Crippen LogP contribution < -0.4 is 10.2 Å². The molecule has 1 aromatic heterocycles. The molecule has 1 aliphatic rings. The lowest BCUT2D eigenvalue weighted by molar-refractivity contribution is 0.549. The van der Waals surface area contributed by atoms with Gasteiger partial charge in [-0.15, -0.1) is 0 Å². The van der Waals surface area contributed by atoms with Crippen molar-refractivity contribution in [3.8, 4) is 0 Å². The van der Waals surface area contributed by atoms with Gasteiger partial charge in [-0.1, -0.05) is 13.8 Å². The summed E-state index contributed by atoms with van der Waals surface area (Å²) in [5.41, 5.74) is 3.82. The summed E-state index contributed by atoms with van der Waals surface area (Å²) in [6, 6.07) is 2.80. The quantitative estimate of drug-likeness (QED) is 0.790. The fourth-order valence-corrected chi connectivity index (χ4v) is 2.64. The molecule has 3 heteroatoms. The Hall–Kier alpha value is -1.09. The van der Waals surface area contributed by atoms with Crippen molar-refractivity contribution in [1.29, 1.82) is 0 Å². The topological polar surface area (TPSA) is 28.2 Å². The number of nitrogens with one attached hydrogen (secondary N) is 1. The summed E-state index contributed by atoms with van der Waals surface area (Å²) in [4.78, 5) is 7.08. The van der Waals surface area contributed by atoms with E-state index >= 15 is 0 Å². The predicted octanol–water partition coefficient (Wildman–Crippen LogP) is 3.76. The first-order valence-corrected chi connectivity index (χ1v) is 8.40. The van der Waals surface area contributed by atoms with E-state index in [0.717, 1.165) is 24.7 Å². The van der Waals surface area contributed by atoms with Crippen LogP contribution in [0.15, 0.2) is 12.3 Å². The molecule has 0 saturated heterocycles. The Morgan fingerprint density at radius 1 is 1.29 bits per heavy atom. The first-order valence-electron chi connectivity index (χ1n) is 8.40. The minimum absolute atomic E-state index is 0.538. The smallest absolute Gasteiger partial charge is 0.0447 e. The number of rotatable bonds is 8. The second-order valence-electron chi connectivity index (χ2n) is 7.17. The summed E-state index contributed by atoms with van der Waals surface area (Å²) in [6.45, 7) is 14.3. The average molecular weight is 289 g/mol. The van der Waals surface area contributed by atoms with E-state index in [2.05, 4.69) is 62.1 Å². The lowest BCUT2D eigenvalue weighted by atomic mass is 10.1. The zero-order chi connectivity index (χ0) is 15.4. The number of aromatic nitrogens is 1. The third-order valence-electron chi connectivity index (χ3n) is 4.05. The van der Waals surface area contributed by atoms with Crippen LogP contribution in [0.25, 0.3) is 0 Å². The molecular weight excluding hydrogens is 258 g/mol. The fourth-order valence-electron chi connectivity index (χ4n) is 2.64. The molecule has 0 bridgehead atoms. The van der Waals surface area contributed by atoms with Gasteiger partial charge in [0.05, 0.1) is 0 Å². The Morgan fingerprint density at radius 3 is 2.57 bits per heavy atom. The van der Waals surface area contributed by atoms with Gasteiger partial charge in [-0.25, -0.2) is 0 Å². The summed E-state index contributed by atoms with van der Waals surface area (Å²) >= 11 is 0. The van der Waals surface area contributed by atoms with E-state index < -0.39 is 0 Å². The highest BCUT2D eigenvalue weighted by atomic mass is 15.2.